The van der Waals surface area contributed by atoms with E-state index in [9.17, 15) is 19.1 Å². The molecule has 29 heavy (non-hydrogen) atoms. The van der Waals surface area contributed by atoms with Crippen molar-refractivity contribution in [3.8, 4) is 0 Å². The van der Waals surface area contributed by atoms with Gasteiger partial charge in [-0.2, -0.15) is 0 Å². The van der Waals surface area contributed by atoms with Crippen molar-refractivity contribution in [1.82, 2.24) is 15.6 Å². The van der Waals surface area contributed by atoms with Gasteiger partial charge in [-0.05, 0) is 29.8 Å². The molecule has 0 spiro atoms. The highest BCUT2D eigenvalue weighted by Gasteiger charge is 2.29. The third-order valence-electron chi connectivity index (χ3n) is 4.42. The number of benzene rings is 1. The molecule has 3 rings (SSSR count). The minimum atomic E-state index is -0.686. The summed E-state index contributed by atoms with van der Waals surface area (Å²) >= 11 is 0. The van der Waals surface area contributed by atoms with Crippen LogP contribution in [0.2, 0.25) is 0 Å². The average molecular weight is 399 g/mol. The molecule has 1 aliphatic rings. The van der Waals surface area contributed by atoms with Gasteiger partial charge in [0.05, 0.1) is 25.2 Å². The number of aliphatic hydroxyl groups is 1. The summed E-state index contributed by atoms with van der Waals surface area (Å²) < 4.78 is 18.9. The predicted octanol–water partition coefficient (Wildman–Crippen LogP) is 1.34. The Kier molecular flexibility index (Phi) is 7.04. The Morgan fingerprint density at radius 1 is 1.17 bits per heavy atom. The molecular formula is C21H22FN3O4. The summed E-state index contributed by atoms with van der Waals surface area (Å²) in [5, 5.41) is 15.1. The zero-order valence-corrected chi connectivity index (χ0v) is 15.6. The Labute approximate surface area is 167 Å². The number of aliphatic hydroxyl groups excluding tert-OH is 1. The van der Waals surface area contributed by atoms with Crippen molar-refractivity contribution in [2.24, 2.45) is 0 Å². The number of aromatic nitrogens is 1. The van der Waals surface area contributed by atoms with Crippen molar-refractivity contribution >= 4 is 11.8 Å². The van der Waals surface area contributed by atoms with Gasteiger partial charge in [0.25, 0.3) is 5.91 Å². The summed E-state index contributed by atoms with van der Waals surface area (Å²) in [5.74, 6) is -1.01. The Hall–Kier alpha value is -3.10. The molecule has 1 aliphatic heterocycles. The van der Waals surface area contributed by atoms with Gasteiger partial charge in [-0.1, -0.05) is 30.4 Å². The molecule has 3 atom stereocenters. The van der Waals surface area contributed by atoms with E-state index in [1.54, 1.807) is 42.5 Å². The highest BCUT2D eigenvalue weighted by Crippen LogP contribution is 2.16. The van der Waals surface area contributed by atoms with Crippen LogP contribution < -0.4 is 10.6 Å². The zero-order chi connectivity index (χ0) is 20.6. The lowest BCUT2D eigenvalue weighted by atomic mass is 10.0. The molecule has 1 aromatic heterocycles. The maximum absolute atomic E-state index is 13.2. The number of halogens is 1. The Bertz CT molecular complexity index is 875. The molecule has 7 nitrogen and oxygen atoms in total. The summed E-state index contributed by atoms with van der Waals surface area (Å²) in [6, 6.07) is 10.4. The fraction of sp³-hybridized carbons (Fsp3) is 0.286. The van der Waals surface area contributed by atoms with Crippen LogP contribution in [-0.2, 0) is 16.1 Å². The van der Waals surface area contributed by atoms with Crippen LogP contribution in [0.3, 0.4) is 0 Å². The van der Waals surface area contributed by atoms with Crippen molar-refractivity contribution < 1.29 is 23.8 Å². The molecule has 3 N–H and O–H groups in total. The normalized spacial score (nSPS) is 20.8. The first-order valence-corrected chi connectivity index (χ1v) is 9.23. The molecule has 1 aromatic carbocycles. The summed E-state index contributed by atoms with van der Waals surface area (Å²) in [7, 11) is 0. The van der Waals surface area contributed by atoms with E-state index in [4.69, 9.17) is 4.74 Å². The minimum absolute atomic E-state index is 0.0449. The van der Waals surface area contributed by atoms with Crippen LogP contribution in [0, 0.1) is 5.82 Å². The number of ether oxygens (including phenoxy) is 1. The molecule has 2 heterocycles. The Balaban J connectivity index is 1.52. The number of nitrogens with one attached hydrogen (secondary N) is 2. The molecular weight excluding hydrogens is 377 g/mol. The third-order valence-corrected chi connectivity index (χ3v) is 4.42. The number of carbonyl (C=O) groups is 2. The molecule has 2 amide bonds. The maximum Gasteiger partial charge on any atom is 0.270 e. The average Bonchev–Trinajstić information content (AvgIpc) is 2.74. The van der Waals surface area contributed by atoms with E-state index in [1.165, 1.54) is 18.3 Å². The lowest BCUT2D eigenvalue weighted by Gasteiger charge is -2.31. The van der Waals surface area contributed by atoms with Crippen molar-refractivity contribution in [3.63, 3.8) is 0 Å². The van der Waals surface area contributed by atoms with E-state index in [-0.39, 0.29) is 42.9 Å². The van der Waals surface area contributed by atoms with Crippen LogP contribution in [0.4, 0.5) is 4.39 Å². The van der Waals surface area contributed by atoms with E-state index >= 15 is 0 Å². The highest BCUT2D eigenvalue weighted by atomic mass is 19.1. The number of rotatable bonds is 7. The standard InChI is InChI=1S/C21H22FN3O4/c22-15-5-3-4-14(10-15)12-24-20(27)11-16-7-8-17(19(13-26)29-16)25-21(28)18-6-1-2-9-23-18/h1-10,16-17,19,26H,11-13H2,(H,24,27)(H,25,28)/t16-,17-,19-/m1/s1. The van der Waals surface area contributed by atoms with Crippen LogP contribution in [0.1, 0.15) is 22.5 Å². The molecule has 0 fully saturated rings. The summed E-state index contributed by atoms with van der Waals surface area (Å²) in [5.41, 5.74) is 0.917. The maximum atomic E-state index is 13.2. The smallest absolute Gasteiger partial charge is 0.270 e. The molecule has 152 valence electrons. The van der Waals surface area contributed by atoms with Gasteiger partial charge in [0, 0.05) is 12.7 Å². The molecule has 0 unspecified atom stereocenters. The number of amides is 2. The van der Waals surface area contributed by atoms with Gasteiger partial charge >= 0.3 is 0 Å². The van der Waals surface area contributed by atoms with Crippen LogP contribution in [0.15, 0.2) is 60.8 Å². The molecule has 8 heteroatoms. The first-order chi connectivity index (χ1) is 14.0. The first kappa shape index (κ1) is 20.6. The van der Waals surface area contributed by atoms with E-state index < -0.39 is 18.2 Å². The van der Waals surface area contributed by atoms with Gasteiger partial charge in [-0.15, -0.1) is 0 Å². The third kappa shape index (κ3) is 5.94. The van der Waals surface area contributed by atoms with Gasteiger partial charge < -0.3 is 20.5 Å². The second-order valence-corrected chi connectivity index (χ2v) is 6.61. The number of hydrogen-bond acceptors (Lipinski definition) is 5. The van der Waals surface area contributed by atoms with E-state index in [1.807, 2.05) is 0 Å². The van der Waals surface area contributed by atoms with Crippen LogP contribution in [0.5, 0.6) is 0 Å². The predicted molar refractivity (Wildman–Crippen MR) is 103 cm³/mol. The van der Waals surface area contributed by atoms with Gasteiger partial charge in [-0.25, -0.2) is 4.39 Å². The van der Waals surface area contributed by atoms with E-state index in [0.717, 1.165) is 0 Å². The molecule has 0 saturated carbocycles. The quantitative estimate of drug-likeness (QED) is 0.610. The van der Waals surface area contributed by atoms with E-state index in [2.05, 4.69) is 15.6 Å². The monoisotopic (exact) mass is 399 g/mol. The molecule has 0 radical (unpaired) electrons. The molecule has 2 aromatic rings. The Morgan fingerprint density at radius 3 is 2.76 bits per heavy atom. The van der Waals surface area contributed by atoms with E-state index in [0.29, 0.717) is 5.56 Å². The molecule has 0 aliphatic carbocycles. The van der Waals surface area contributed by atoms with Crippen LogP contribution in [0.25, 0.3) is 0 Å². The van der Waals surface area contributed by atoms with Crippen molar-refractivity contribution in [1.29, 1.82) is 0 Å². The van der Waals surface area contributed by atoms with Gasteiger partial charge in [0.1, 0.15) is 17.6 Å². The van der Waals surface area contributed by atoms with Gasteiger partial charge in [0.15, 0.2) is 0 Å². The molecule has 0 saturated heterocycles. The van der Waals surface area contributed by atoms with Crippen LogP contribution in [-0.4, -0.2) is 46.8 Å². The second-order valence-electron chi connectivity index (χ2n) is 6.61. The van der Waals surface area contributed by atoms with Gasteiger partial charge in [-0.3, -0.25) is 14.6 Å². The lowest BCUT2D eigenvalue weighted by molar-refractivity contribution is -0.125. The highest BCUT2D eigenvalue weighted by molar-refractivity contribution is 5.92. The topological polar surface area (TPSA) is 101 Å². The largest absolute Gasteiger partial charge is 0.394 e. The minimum Gasteiger partial charge on any atom is -0.394 e. The summed E-state index contributed by atoms with van der Waals surface area (Å²) in [6.45, 7) is -0.113. The van der Waals surface area contributed by atoms with Gasteiger partial charge in [0.2, 0.25) is 5.91 Å². The fourth-order valence-corrected chi connectivity index (χ4v) is 2.96. The number of nitrogens with zero attached hydrogens (tertiary/aromatic N) is 1. The fourth-order valence-electron chi connectivity index (χ4n) is 2.96. The van der Waals surface area contributed by atoms with Crippen molar-refractivity contribution in [3.05, 3.63) is 77.9 Å². The zero-order valence-electron chi connectivity index (χ0n) is 15.6. The van der Waals surface area contributed by atoms with Crippen molar-refractivity contribution in [2.45, 2.75) is 31.2 Å². The Morgan fingerprint density at radius 2 is 2.03 bits per heavy atom. The summed E-state index contributed by atoms with van der Waals surface area (Å²) in [4.78, 5) is 28.4. The number of carbonyl (C=O) groups excluding carboxylic acids is 2. The SMILES string of the molecule is O=C(C[C@H]1C=C[C@@H](NC(=O)c2ccccn2)[C@@H](CO)O1)NCc1cccc(F)c1. The second kappa shape index (κ2) is 9.90. The summed E-state index contributed by atoms with van der Waals surface area (Å²) in [6.07, 6.45) is 3.72. The lowest BCUT2D eigenvalue weighted by Crippen LogP contribution is -2.49. The molecule has 0 bridgehead atoms. The van der Waals surface area contributed by atoms with Crippen LogP contribution >= 0.6 is 0 Å². The first-order valence-electron chi connectivity index (χ1n) is 9.23. The number of pyridine rings is 1. The van der Waals surface area contributed by atoms with Crippen molar-refractivity contribution in [2.75, 3.05) is 6.61 Å². The number of hydrogen-bond donors (Lipinski definition) is 3.